The number of nitrogens with one attached hydrogen (secondary N) is 6. The van der Waals surface area contributed by atoms with E-state index in [1.54, 1.807) is 25.9 Å². The molecule has 27 heteroatoms. The van der Waals surface area contributed by atoms with Crippen molar-refractivity contribution in [3.05, 3.63) is 49.1 Å². The first-order chi connectivity index (χ1) is 34.9. The molecular formula is C45H62N20O7. The Labute approximate surface area is 413 Å². The number of nitrogens with zero attached hydrogens (tertiary/aromatic N) is 14. The first-order valence-corrected chi connectivity index (χ1v) is 24.6. The summed E-state index contributed by atoms with van der Waals surface area (Å²) < 4.78 is 19.3. The standard InChI is InChI=1S/C45H62N20O7/c1-5-46-40(68)29-7-8-30(71-29)64-23-52-31-36(56-43(58-38(31)64)48-13-9-25-17-60(3)21-50-25)54-27-11-15-62(19-27)45(70)63-16-12-28(20-63)55-37-32-39(59-44(57-37)49-14-10-26-18-61(4)22-51-26)65(24-53-32)42-34(67)33(66)35(72-42)41(69)47-6-2/h17-18,21-24,27-30,33-35,42,66-67H,5-16,19-20H2,1-4H3,(H,46,68)(H,47,69)(H2,48,54,56,58)(H2,49,55,57,59)/t27-,28-,29+,30-,33+,34-,35+,42-/m1/s1. The molecule has 10 rings (SSSR count). The van der Waals surface area contributed by atoms with Gasteiger partial charge in [-0.2, -0.15) is 19.9 Å². The molecule has 27 nitrogen and oxygen atoms in total. The molecule has 0 bridgehead atoms. The molecule has 0 aromatic carbocycles. The zero-order chi connectivity index (χ0) is 50.0. The van der Waals surface area contributed by atoms with Crippen LogP contribution in [-0.4, -0.2) is 185 Å². The van der Waals surface area contributed by atoms with E-state index in [2.05, 4.69) is 46.9 Å². The van der Waals surface area contributed by atoms with Crippen molar-refractivity contribution < 1.29 is 34.1 Å². The minimum Gasteiger partial charge on any atom is -0.387 e. The second kappa shape index (κ2) is 20.9. The van der Waals surface area contributed by atoms with Gasteiger partial charge in [-0.1, -0.05) is 0 Å². The van der Waals surface area contributed by atoms with Gasteiger partial charge in [-0.3, -0.25) is 18.7 Å². The minimum atomic E-state index is -1.48. The van der Waals surface area contributed by atoms with Gasteiger partial charge < -0.3 is 70.5 Å². The molecule has 8 N–H and O–H groups in total. The monoisotopic (exact) mass is 995 g/mol. The molecule has 72 heavy (non-hydrogen) atoms. The molecule has 0 spiro atoms. The fourth-order valence-corrected chi connectivity index (χ4v) is 9.76. The molecule has 0 saturated carbocycles. The molecule has 4 aliphatic rings. The summed E-state index contributed by atoms with van der Waals surface area (Å²) in [4.78, 5) is 80.7. The van der Waals surface area contributed by atoms with Crippen LogP contribution in [0.5, 0.6) is 0 Å². The predicted molar refractivity (Wildman–Crippen MR) is 260 cm³/mol. The van der Waals surface area contributed by atoms with E-state index in [1.807, 2.05) is 56.9 Å². The Kier molecular flexibility index (Phi) is 14.0. The number of carbonyl (C=O) groups is 3. The fraction of sp³-hybridized carbons (Fsp3) is 0.578. The van der Waals surface area contributed by atoms with E-state index >= 15 is 0 Å². The van der Waals surface area contributed by atoms with Crippen LogP contribution in [0.3, 0.4) is 0 Å². The van der Waals surface area contributed by atoms with E-state index in [9.17, 15) is 24.6 Å². The van der Waals surface area contributed by atoms with Gasteiger partial charge in [-0.05, 0) is 39.5 Å². The maximum Gasteiger partial charge on any atom is 0.320 e. The van der Waals surface area contributed by atoms with Crippen molar-refractivity contribution in [3.8, 4) is 0 Å². The lowest BCUT2D eigenvalue weighted by Crippen LogP contribution is -2.42. The van der Waals surface area contributed by atoms with Crippen molar-refractivity contribution >= 4 is 63.7 Å². The summed E-state index contributed by atoms with van der Waals surface area (Å²) in [6.07, 6.45) is 7.86. The minimum absolute atomic E-state index is 0.0841. The number of carbonyl (C=O) groups excluding carboxylic acids is 3. The lowest BCUT2D eigenvalue weighted by Gasteiger charge is -2.25. The summed E-state index contributed by atoms with van der Waals surface area (Å²) in [5.74, 6) is 0.924. The number of hydrogen-bond acceptors (Lipinski definition) is 19. The van der Waals surface area contributed by atoms with Crippen LogP contribution in [0, 0.1) is 0 Å². The quantitative estimate of drug-likeness (QED) is 0.0566. The van der Waals surface area contributed by atoms with Crippen molar-refractivity contribution in [3.63, 3.8) is 0 Å². The molecule has 10 heterocycles. The van der Waals surface area contributed by atoms with Gasteiger partial charge >= 0.3 is 6.03 Å². The smallest absolute Gasteiger partial charge is 0.320 e. The highest BCUT2D eigenvalue weighted by Gasteiger charge is 2.48. The van der Waals surface area contributed by atoms with Crippen molar-refractivity contribution in [2.75, 3.05) is 73.6 Å². The molecule has 4 amide bonds. The van der Waals surface area contributed by atoms with Crippen LogP contribution in [0.25, 0.3) is 22.3 Å². The number of likely N-dealkylation sites (N-methyl/N-ethyl adjacent to an activating group) is 2. The topological polar surface area (TPSA) is 312 Å². The van der Waals surface area contributed by atoms with Gasteiger partial charge in [-0.25, -0.2) is 24.7 Å². The maximum absolute atomic E-state index is 14.2. The number of imidazole rings is 4. The Bertz CT molecular complexity index is 2900. The zero-order valence-electron chi connectivity index (χ0n) is 40.7. The maximum atomic E-state index is 14.2. The molecule has 6 aromatic heterocycles. The van der Waals surface area contributed by atoms with Gasteiger partial charge in [0.2, 0.25) is 17.8 Å². The Balaban J connectivity index is 0.818. The van der Waals surface area contributed by atoms with Crippen molar-refractivity contribution in [1.29, 1.82) is 0 Å². The molecule has 8 atom stereocenters. The number of fused-ring (bicyclic) bond motifs is 2. The first-order valence-electron chi connectivity index (χ1n) is 24.6. The third-order valence-electron chi connectivity index (χ3n) is 13.4. The second-order valence-corrected chi connectivity index (χ2v) is 18.7. The lowest BCUT2D eigenvalue weighted by molar-refractivity contribution is -0.137. The number of aromatic nitrogens is 12. The normalized spacial score (nSPS) is 24.1. The highest BCUT2D eigenvalue weighted by atomic mass is 16.6. The summed E-state index contributed by atoms with van der Waals surface area (Å²) >= 11 is 0. The molecule has 0 aliphatic carbocycles. The largest absolute Gasteiger partial charge is 0.387 e. The summed E-state index contributed by atoms with van der Waals surface area (Å²) in [7, 11) is 3.83. The van der Waals surface area contributed by atoms with Crippen molar-refractivity contribution in [2.45, 2.75) is 101 Å². The molecule has 4 fully saturated rings. The number of likely N-dealkylation sites (tertiary alicyclic amines) is 2. The SMILES string of the molecule is CCNC(=O)[C@@H]1CC[C@H](n2cnc3c(N[C@@H]4CCN(C(=O)N5CC[C@@H](Nc6nc(NCCc7cn(C)cn7)nc7c6ncn7[C@@H]6O[C@H](C(=O)NCC)[C@@H](O)[C@H]6O)C5)C4)nc(NCCc4cn(C)cn4)nc32)O1. The van der Waals surface area contributed by atoms with E-state index in [0.29, 0.717) is 131 Å². The second-order valence-electron chi connectivity index (χ2n) is 18.7. The Hall–Kier alpha value is -7.23. The molecule has 0 unspecified atom stereocenters. The Morgan fingerprint density at radius 3 is 1.74 bits per heavy atom. The number of amides is 4. The number of anilines is 4. The van der Waals surface area contributed by atoms with Gasteiger partial charge in [-0.15, -0.1) is 0 Å². The summed E-state index contributed by atoms with van der Waals surface area (Å²) in [5.41, 5.74) is 3.61. The van der Waals surface area contributed by atoms with E-state index in [0.717, 1.165) is 11.4 Å². The number of aryl methyl sites for hydroxylation is 2. The Morgan fingerprint density at radius 2 is 1.19 bits per heavy atom. The predicted octanol–water partition coefficient (Wildman–Crippen LogP) is 0.104. The van der Waals surface area contributed by atoms with Gasteiger partial charge in [0, 0.05) is 104 Å². The molecule has 6 aromatic rings. The number of rotatable bonds is 18. The average Bonchev–Trinajstić information content (AvgIpc) is 4.23. The van der Waals surface area contributed by atoms with E-state index in [1.165, 1.54) is 10.9 Å². The zero-order valence-corrected chi connectivity index (χ0v) is 40.7. The number of aliphatic hydroxyl groups excluding tert-OH is 2. The van der Waals surface area contributed by atoms with E-state index in [4.69, 9.17) is 34.4 Å². The van der Waals surface area contributed by atoms with Crippen LogP contribution in [0.2, 0.25) is 0 Å². The van der Waals surface area contributed by atoms with Crippen molar-refractivity contribution in [1.82, 2.24) is 78.6 Å². The highest BCUT2D eigenvalue weighted by Crippen LogP contribution is 2.35. The van der Waals surface area contributed by atoms with Crippen LogP contribution in [0.4, 0.5) is 28.3 Å². The van der Waals surface area contributed by atoms with Crippen LogP contribution < -0.4 is 31.9 Å². The number of urea groups is 1. The van der Waals surface area contributed by atoms with E-state index < -0.39 is 42.8 Å². The van der Waals surface area contributed by atoms with E-state index in [-0.39, 0.29) is 30.0 Å². The average molecular weight is 995 g/mol. The van der Waals surface area contributed by atoms with Gasteiger partial charge in [0.25, 0.3) is 5.91 Å². The molecule has 4 aliphatic heterocycles. The van der Waals surface area contributed by atoms with Crippen LogP contribution >= 0.6 is 0 Å². The number of aliphatic hydroxyl groups is 2. The van der Waals surface area contributed by atoms with Crippen LogP contribution in [0.1, 0.15) is 63.4 Å². The molecule has 0 radical (unpaired) electrons. The fourth-order valence-electron chi connectivity index (χ4n) is 9.76. The van der Waals surface area contributed by atoms with Crippen LogP contribution in [-0.2, 0) is 46.0 Å². The molecule has 384 valence electrons. The third-order valence-corrected chi connectivity index (χ3v) is 13.4. The molecule has 4 saturated heterocycles. The van der Waals surface area contributed by atoms with Gasteiger partial charge in [0.05, 0.1) is 36.7 Å². The first kappa shape index (κ1) is 48.4. The van der Waals surface area contributed by atoms with Crippen LogP contribution in [0.15, 0.2) is 37.7 Å². The lowest BCUT2D eigenvalue weighted by atomic mass is 10.1. The number of ether oxygens (including phenoxy) is 2. The third kappa shape index (κ3) is 10.1. The van der Waals surface area contributed by atoms with Crippen molar-refractivity contribution in [2.24, 2.45) is 14.1 Å². The van der Waals surface area contributed by atoms with Gasteiger partial charge in [0.1, 0.15) is 24.5 Å². The summed E-state index contributed by atoms with van der Waals surface area (Å²) in [5, 5.41) is 41.2. The highest BCUT2D eigenvalue weighted by molar-refractivity contribution is 5.86. The summed E-state index contributed by atoms with van der Waals surface area (Å²) in [6, 6.07) is -0.410. The van der Waals surface area contributed by atoms with Gasteiger partial charge in [0.15, 0.2) is 46.3 Å². The summed E-state index contributed by atoms with van der Waals surface area (Å²) in [6.45, 7) is 7.34. The Morgan fingerprint density at radius 1 is 0.653 bits per heavy atom. The molecular weight excluding hydrogens is 933 g/mol. The number of hydrogen-bond donors (Lipinski definition) is 8.